The summed E-state index contributed by atoms with van der Waals surface area (Å²) in [6.07, 6.45) is 2.39. The van der Waals surface area contributed by atoms with Crippen LogP contribution in [0, 0.1) is 20.5 Å². The Bertz CT molecular complexity index is 448. The molecule has 14 heteroatoms. The SMILES string of the molecule is C[C@@H]1C[NH2+]C(C)(C)C[C@@H](C)N[C@@H](C)C[NH2+]C(C)(C)C[C@@H](C)N1.[O-][Cl+3]([O-])([O-])[O-].[O-][Cl+3]([O-])([O-])[O-]. The lowest BCUT2D eigenvalue weighted by Gasteiger charge is -2.33. The zero-order chi connectivity index (χ0) is 26.0. The highest BCUT2D eigenvalue weighted by atomic mass is 35.7. The van der Waals surface area contributed by atoms with E-state index in [9.17, 15) is 0 Å². The van der Waals surface area contributed by atoms with Crippen LogP contribution in [0.3, 0.4) is 0 Å². The largest absolute Gasteiger partial charge is 0.341 e. The lowest BCUT2D eigenvalue weighted by Crippen LogP contribution is -2.98. The third kappa shape index (κ3) is 28.1. The molecule has 0 saturated carbocycles. The van der Waals surface area contributed by atoms with Gasteiger partial charge in [0.05, 0.1) is 36.3 Å². The number of hydrogen-bond acceptors (Lipinski definition) is 10. The summed E-state index contributed by atoms with van der Waals surface area (Å²) < 4.78 is 67.9. The van der Waals surface area contributed by atoms with Crippen LogP contribution in [0.2, 0.25) is 0 Å². The fourth-order valence-electron chi connectivity index (χ4n) is 3.96. The lowest BCUT2D eigenvalue weighted by atomic mass is 9.93. The fraction of sp³-hybridized carbons (Fsp3) is 1.00. The summed E-state index contributed by atoms with van der Waals surface area (Å²) in [4.78, 5) is 0. The topological polar surface area (TPSA) is 242 Å². The molecule has 1 aliphatic rings. The highest BCUT2D eigenvalue weighted by Crippen LogP contribution is 2.09. The molecule has 12 nitrogen and oxygen atoms in total. The first-order valence-corrected chi connectivity index (χ1v) is 12.9. The van der Waals surface area contributed by atoms with Crippen LogP contribution in [-0.2, 0) is 0 Å². The van der Waals surface area contributed by atoms with E-state index in [-0.39, 0.29) is 0 Å². The maximum Gasteiger partial charge on any atom is 0.0919 e. The van der Waals surface area contributed by atoms with Gasteiger partial charge in [-0.1, -0.05) is 0 Å². The fourth-order valence-corrected chi connectivity index (χ4v) is 3.96. The average molecular weight is 513 g/mol. The van der Waals surface area contributed by atoms with E-state index in [0.29, 0.717) is 35.2 Å². The van der Waals surface area contributed by atoms with E-state index in [0.717, 1.165) is 13.1 Å². The Hall–Kier alpha value is 0.1000. The molecule has 0 unspecified atom stereocenters. The van der Waals surface area contributed by atoms with Gasteiger partial charge < -0.3 is 21.3 Å². The number of halogens is 2. The highest BCUT2D eigenvalue weighted by Gasteiger charge is 2.29. The number of nitrogens with one attached hydrogen (secondary N) is 2. The molecule has 0 radical (unpaired) electrons. The van der Waals surface area contributed by atoms with E-state index in [1.54, 1.807) is 0 Å². The van der Waals surface area contributed by atoms with E-state index < -0.39 is 20.5 Å². The third-order valence-corrected chi connectivity index (χ3v) is 4.85. The second-order valence-corrected chi connectivity index (χ2v) is 11.5. The average Bonchev–Trinajstić information content (AvgIpc) is 2.46. The van der Waals surface area contributed by atoms with E-state index >= 15 is 0 Å². The van der Waals surface area contributed by atoms with Gasteiger partial charge in [0.1, 0.15) is 0 Å². The van der Waals surface area contributed by atoms with Crippen molar-refractivity contribution in [2.45, 2.75) is 103 Å². The Balaban J connectivity index is 0. The lowest BCUT2D eigenvalue weighted by molar-refractivity contribution is -2.00. The molecular weight excluding hydrogens is 471 g/mol. The van der Waals surface area contributed by atoms with Gasteiger partial charge in [0.2, 0.25) is 0 Å². The molecule has 1 rings (SSSR count). The Morgan fingerprint density at radius 1 is 0.562 bits per heavy atom. The first kappa shape index (κ1) is 34.3. The van der Waals surface area contributed by atoms with E-state index in [4.69, 9.17) is 37.3 Å². The van der Waals surface area contributed by atoms with Gasteiger partial charge in [-0.25, -0.2) is 37.3 Å². The van der Waals surface area contributed by atoms with Crippen molar-refractivity contribution >= 4 is 0 Å². The van der Waals surface area contributed by atoms with Crippen molar-refractivity contribution in [2.75, 3.05) is 13.1 Å². The summed E-state index contributed by atoms with van der Waals surface area (Å²) in [5.41, 5.74) is 0.580. The van der Waals surface area contributed by atoms with Crippen molar-refractivity contribution in [3.8, 4) is 0 Å². The van der Waals surface area contributed by atoms with Gasteiger partial charge in [-0.15, -0.1) is 20.5 Å². The van der Waals surface area contributed by atoms with E-state index in [1.807, 2.05) is 0 Å². The van der Waals surface area contributed by atoms with Crippen LogP contribution < -0.4 is 58.5 Å². The molecule has 32 heavy (non-hydrogen) atoms. The van der Waals surface area contributed by atoms with Gasteiger partial charge in [0.25, 0.3) is 0 Å². The zero-order valence-electron chi connectivity index (χ0n) is 20.3. The summed E-state index contributed by atoms with van der Waals surface area (Å²) in [6, 6.07) is 2.22. The maximum absolute atomic E-state index is 8.49. The second-order valence-electron chi connectivity index (χ2n) is 9.96. The molecule has 1 saturated heterocycles. The summed E-state index contributed by atoms with van der Waals surface area (Å²) >= 11 is 0. The van der Waals surface area contributed by atoms with E-state index in [1.165, 1.54) is 12.8 Å². The number of quaternary nitrogens is 2. The zero-order valence-corrected chi connectivity index (χ0v) is 21.8. The molecule has 1 heterocycles. The molecule has 0 amide bonds. The number of rotatable bonds is 0. The molecular formula is C18H42Cl2N4O8. The molecule has 0 aliphatic carbocycles. The maximum atomic E-state index is 8.49. The normalized spacial score (nSPS) is 30.0. The number of nitrogens with two attached hydrogens (primary N) is 2. The van der Waals surface area contributed by atoms with Gasteiger partial charge in [-0.2, -0.15) is 0 Å². The molecule has 6 N–H and O–H groups in total. The molecule has 0 aromatic rings. The third-order valence-electron chi connectivity index (χ3n) is 4.85. The second kappa shape index (κ2) is 14.5. The van der Waals surface area contributed by atoms with Gasteiger partial charge >= 0.3 is 0 Å². The van der Waals surface area contributed by atoms with Crippen molar-refractivity contribution in [1.82, 2.24) is 10.6 Å². The molecule has 1 aliphatic heterocycles. The first-order chi connectivity index (χ1) is 14.0. The first-order valence-electron chi connectivity index (χ1n) is 10.4. The van der Waals surface area contributed by atoms with Crippen molar-refractivity contribution in [2.24, 2.45) is 0 Å². The minimum atomic E-state index is -4.94. The summed E-state index contributed by atoms with van der Waals surface area (Å²) in [6.45, 7) is 21.0. The van der Waals surface area contributed by atoms with Crippen LogP contribution in [-0.4, -0.2) is 48.3 Å². The van der Waals surface area contributed by atoms with Crippen LogP contribution in [0.4, 0.5) is 0 Å². The van der Waals surface area contributed by atoms with Crippen molar-refractivity contribution < 1.29 is 68.4 Å². The minimum absolute atomic E-state index is 0.290. The molecule has 0 aromatic carbocycles. The Labute approximate surface area is 195 Å². The summed E-state index contributed by atoms with van der Waals surface area (Å²) in [5, 5.41) is 12.6. The Morgan fingerprint density at radius 2 is 0.781 bits per heavy atom. The summed E-state index contributed by atoms with van der Waals surface area (Å²) in [7, 11) is -9.89. The van der Waals surface area contributed by atoms with Gasteiger partial charge in [-0.3, -0.25) is 0 Å². The monoisotopic (exact) mass is 512 g/mol. The van der Waals surface area contributed by atoms with Crippen molar-refractivity contribution in [1.29, 1.82) is 0 Å². The molecule has 0 aromatic heterocycles. The molecule has 196 valence electrons. The Morgan fingerprint density at radius 3 is 1.00 bits per heavy atom. The van der Waals surface area contributed by atoms with Gasteiger partial charge in [0.15, 0.2) is 0 Å². The number of hydrogen-bond donors (Lipinski definition) is 4. The smallest absolute Gasteiger partial charge is 0.0919 e. The van der Waals surface area contributed by atoms with Crippen LogP contribution in [0.15, 0.2) is 0 Å². The van der Waals surface area contributed by atoms with Crippen molar-refractivity contribution in [3.05, 3.63) is 0 Å². The van der Waals surface area contributed by atoms with Crippen LogP contribution >= 0.6 is 0 Å². The van der Waals surface area contributed by atoms with Crippen molar-refractivity contribution in [3.63, 3.8) is 0 Å². The molecule has 0 bridgehead atoms. The predicted octanol–water partition coefficient (Wildman–Crippen LogP) is -9.31. The van der Waals surface area contributed by atoms with E-state index in [2.05, 4.69) is 76.7 Å². The standard InChI is InChI=1S/C18H40N4.2ClHO4/c1-13-9-17(5,6)19-12-16(4)22-14(2)10-18(7,8)20-11-15(3)21-13;2*2-1(3,4)5/h13-16,19-22H,9-12H2,1-8H3;2*(H,2,3,4,5)/t13-,14-,15-,16+;;/m1../s1. The quantitative estimate of drug-likeness (QED) is 0.238. The molecule has 0 spiro atoms. The van der Waals surface area contributed by atoms with Crippen LogP contribution in [0.5, 0.6) is 0 Å². The highest BCUT2D eigenvalue weighted by molar-refractivity contribution is 4.79. The summed E-state index contributed by atoms with van der Waals surface area (Å²) in [5.74, 6) is 0. The van der Waals surface area contributed by atoms with Gasteiger partial charge in [0, 0.05) is 24.9 Å². The minimum Gasteiger partial charge on any atom is -0.341 e. The van der Waals surface area contributed by atoms with Crippen LogP contribution in [0.25, 0.3) is 0 Å². The Kier molecular flexibility index (Phi) is 15.5. The predicted molar refractivity (Wildman–Crippen MR) is 95.1 cm³/mol. The van der Waals surface area contributed by atoms with Gasteiger partial charge in [-0.05, 0) is 55.4 Å². The molecule has 1 fully saturated rings. The van der Waals surface area contributed by atoms with Crippen LogP contribution in [0.1, 0.15) is 68.2 Å². The molecule has 4 atom stereocenters.